The van der Waals surface area contributed by atoms with Crippen LogP contribution in [0.1, 0.15) is 46.3 Å². The molecule has 5 heteroatoms. The zero-order valence-electron chi connectivity index (χ0n) is 11.7. The lowest BCUT2D eigenvalue weighted by Crippen LogP contribution is -2.36. The summed E-state index contributed by atoms with van der Waals surface area (Å²) in [4.78, 5) is 28.2. The fourth-order valence-corrected chi connectivity index (χ4v) is 5.37. The van der Waals surface area contributed by atoms with Crippen LogP contribution in [0.2, 0.25) is 0 Å². The van der Waals surface area contributed by atoms with Crippen LogP contribution in [-0.4, -0.2) is 34.9 Å². The Labute approximate surface area is 127 Å². The number of hydrogen-bond donors (Lipinski definition) is 0. The van der Waals surface area contributed by atoms with E-state index >= 15 is 0 Å². The first-order chi connectivity index (χ1) is 9.65. The zero-order valence-corrected chi connectivity index (χ0v) is 13.3. The summed E-state index contributed by atoms with van der Waals surface area (Å²) in [5.74, 6) is 2.52. The van der Waals surface area contributed by atoms with Crippen LogP contribution in [0.15, 0.2) is 6.07 Å². The Morgan fingerprint density at radius 1 is 1.45 bits per heavy atom. The quantitative estimate of drug-likeness (QED) is 0.861. The molecule has 1 fully saturated rings. The molecule has 20 heavy (non-hydrogen) atoms. The van der Waals surface area contributed by atoms with Crippen molar-refractivity contribution in [3.63, 3.8) is 0 Å². The molecule has 3 rings (SSSR count). The van der Waals surface area contributed by atoms with Gasteiger partial charge in [0.2, 0.25) is 0 Å². The minimum atomic E-state index is 0.119. The molecule has 0 radical (unpaired) electrons. The molecule has 0 aliphatic carbocycles. The van der Waals surface area contributed by atoms with E-state index in [0.717, 1.165) is 42.2 Å². The molecule has 0 bridgehead atoms. The van der Waals surface area contributed by atoms with Crippen molar-refractivity contribution in [1.29, 1.82) is 0 Å². The minimum absolute atomic E-state index is 0.119. The third kappa shape index (κ3) is 2.79. The van der Waals surface area contributed by atoms with E-state index in [-0.39, 0.29) is 17.7 Å². The molecule has 1 aromatic heterocycles. The van der Waals surface area contributed by atoms with Crippen molar-refractivity contribution in [2.75, 3.05) is 12.3 Å². The molecule has 108 valence electrons. The number of hydrogen-bond acceptors (Lipinski definition) is 4. The van der Waals surface area contributed by atoms with Crippen LogP contribution in [0.5, 0.6) is 0 Å². The number of thiophene rings is 1. The van der Waals surface area contributed by atoms with Crippen LogP contribution in [0.25, 0.3) is 0 Å². The lowest BCUT2D eigenvalue weighted by Gasteiger charge is -2.23. The summed E-state index contributed by atoms with van der Waals surface area (Å²) in [5.41, 5.74) is 1.34. The Morgan fingerprint density at radius 2 is 2.30 bits per heavy atom. The molecular formula is C15H19NO2S2. The largest absolute Gasteiger partial charge is 0.335 e. The number of carbonyl (C=O) groups is 2. The van der Waals surface area contributed by atoms with Gasteiger partial charge in [0.1, 0.15) is 5.78 Å². The summed E-state index contributed by atoms with van der Waals surface area (Å²) in [6, 6.07) is 2.20. The number of Topliss-reactive ketones (excluding diaryl/α,β-unsaturated/α-hetero) is 1. The second-order valence-electron chi connectivity index (χ2n) is 5.56. The van der Waals surface area contributed by atoms with Gasteiger partial charge in [-0.15, -0.1) is 11.3 Å². The molecule has 1 saturated heterocycles. The number of amides is 1. The number of nitrogens with zero attached hydrogens (tertiary/aromatic N) is 1. The van der Waals surface area contributed by atoms with Gasteiger partial charge in [0, 0.05) is 29.6 Å². The number of thioether (sulfide) groups is 1. The number of rotatable bonds is 3. The summed E-state index contributed by atoms with van der Waals surface area (Å²) in [6.45, 7) is 2.41. The first kappa shape index (κ1) is 14.1. The molecule has 3 nitrogen and oxygen atoms in total. The second-order valence-corrected chi connectivity index (χ2v) is 7.80. The van der Waals surface area contributed by atoms with Gasteiger partial charge in [-0.3, -0.25) is 9.59 Å². The average molecular weight is 309 g/mol. The molecule has 2 aliphatic rings. The summed E-state index contributed by atoms with van der Waals surface area (Å²) in [7, 11) is 0. The fraction of sp³-hybridized carbons (Fsp3) is 0.600. The maximum atomic E-state index is 12.7. The van der Waals surface area contributed by atoms with E-state index in [0.29, 0.717) is 6.42 Å². The van der Waals surface area contributed by atoms with Crippen molar-refractivity contribution in [2.45, 2.75) is 44.4 Å². The second kappa shape index (κ2) is 5.90. The number of aryl methyl sites for hydroxylation is 1. The van der Waals surface area contributed by atoms with Crippen LogP contribution in [0.3, 0.4) is 0 Å². The maximum Gasteiger partial charge on any atom is 0.264 e. The third-order valence-electron chi connectivity index (χ3n) is 4.00. The molecule has 2 aliphatic heterocycles. The predicted octanol–water partition coefficient (Wildman–Crippen LogP) is 3.12. The maximum absolute atomic E-state index is 12.7. The number of carbonyl (C=O) groups excluding carboxylic acids is 2. The van der Waals surface area contributed by atoms with Gasteiger partial charge in [-0.1, -0.05) is 0 Å². The van der Waals surface area contributed by atoms with Crippen molar-refractivity contribution >= 4 is 34.8 Å². The Morgan fingerprint density at radius 3 is 3.05 bits per heavy atom. The highest BCUT2D eigenvalue weighted by Crippen LogP contribution is 2.33. The summed E-state index contributed by atoms with van der Waals surface area (Å²) in [6.07, 6.45) is 3.58. The van der Waals surface area contributed by atoms with Crippen LogP contribution in [-0.2, 0) is 17.0 Å². The molecule has 0 N–H and O–H groups in total. The topological polar surface area (TPSA) is 37.4 Å². The Kier molecular flexibility index (Phi) is 4.17. The normalized spacial score (nSPS) is 21.9. The first-order valence-corrected chi connectivity index (χ1v) is 9.12. The monoisotopic (exact) mass is 309 g/mol. The van der Waals surface area contributed by atoms with E-state index in [1.807, 2.05) is 16.7 Å². The van der Waals surface area contributed by atoms with E-state index in [1.54, 1.807) is 18.3 Å². The molecule has 3 heterocycles. The summed E-state index contributed by atoms with van der Waals surface area (Å²) in [5, 5.41) is 0. The molecule has 0 spiro atoms. The van der Waals surface area contributed by atoms with E-state index < -0.39 is 0 Å². The molecule has 1 aromatic rings. The van der Waals surface area contributed by atoms with Crippen LogP contribution in [0, 0.1) is 0 Å². The highest BCUT2D eigenvalue weighted by atomic mass is 32.2. The van der Waals surface area contributed by atoms with Crippen LogP contribution < -0.4 is 0 Å². The highest BCUT2D eigenvalue weighted by Gasteiger charge is 2.31. The predicted molar refractivity (Wildman–Crippen MR) is 83.5 cm³/mol. The number of fused-ring (bicyclic) bond motifs is 1. The Hall–Kier alpha value is -0.810. The van der Waals surface area contributed by atoms with Gasteiger partial charge in [-0.2, -0.15) is 11.8 Å². The average Bonchev–Trinajstić information content (AvgIpc) is 3.03. The zero-order chi connectivity index (χ0) is 14.1. The van der Waals surface area contributed by atoms with Gasteiger partial charge in [0.15, 0.2) is 0 Å². The van der Waals surface area contributed by atoms with Gasteiger partial charge in [-0.25, -0.2) is 0 Å². The van der Waals surface area contributed by atoms with Gasteiger partial charge < -0.3 is 4.90 Å². The Balaban J connectivity index is 1.77. The smallest absolute Gasteiger partial charge is 0.264 e. The minimum Gasteiger partial charge on any atom is -0.335 e. The summed E-state index contributed by atoms with van der Waals surface area (Å²) < 4.78 is 0. The van der Waals surface area contributed by atoms with E-state index in [4.69, 9.17) is 0 Å². The first-order valence-electron chi connectivity index (χ1n) is 7.15. The molecule has 0 aromatic carbocycles. The Bertz CT molecular complexity index is 514. The van der Waals surface area contributed by atoms with Crippen molar-refractivity contribution in [3.05, 3.63) is 21.4 Å². The van der Waals surface area contributed by atoms with Crippen molar-refractivity contribution in [1.82, 2.24) is 4.90 Å². The van der Waals surface area contributed by atoms with Crippen molar-refractivity contribution < 1.29 is 9.59 Å². The van der Waals surface area contributed by atoms with Gasteiger partial charge in [-0.05, 0) is 43.6 Å². The fourth-order valence-electron chi connectivity index (χ4n) is 3.04. The lowest BCUT2D eigenvalue weighted by molar-refractivity contribution is -0.117. The van der Waals surface area contributed by atoms with Gasteiger partial charge in [0.05, 0.1) is 4.88 Å². The van der Waals surface area contributed by atoms with Crippen LogP contribution >= 0.6 is 23.1 Å². The lowest BCUT2D eigenvalue weighted by atomic mass is 10.1. The van der Waals surface area contributed by atoms with Gasteiger partial charge in [0.25, 0.3) is 5.91 Å². The molecule has 1 unspecified atom stereocenters. The SMILES string of the molecule is CC(=O)CC1CCCN1C(=O)c1cc2c(s1)CCSC2. The van der Waals surface area contributed by atoms with E-state index in [2.05, 4.69) is 6.07 Å². The highest BCUT2D eigenvalue weighted by molar-refractivity contribution is 7.98. The van der Waals surface area contributed by atoms with Crippen LogP contribution in [0.4, 0.5) is 0 Å². The standard InChI is InChI=1S/C15H19NO2S2/c1-10(17)7-12-3-2-5-16(12)15(18)14-8-11-9-19-6-4-13(11)20-14/h8,12H,2-7,9H2,1H3. The van der Waals surface area contributed by atoms with Crippen molar-refractivity contribution in [3.8, 4) is 0 Å². The number of likely N-dealkylation sites (tertiary alicyclic amines) is 1. The molecular weight excluding hydrogens is 290 g/mol. The van der Waals surface area contributed by atoms with E-state index in [1.165, 1.54) is 10.4 Å². The molecule has 1 atom stereocenters. The van der Waals surface area contributed by atoms with Gasteiger partial charge >= 0.3 is 0 Å². The molecule has 1 amide bonds. The third-order valence-corrected chi connectivity index (χ3v) is 6.23. The number of ketones is 1. The summed E-state index contributed by atoms with van der Waals surface area (Å²) >= 11 is 3.60. The molecule has 0 saturated carbocycles. The van der Waals surface area contributed by atoms with Crippen molar-refractivity contribution in [2.24, 2.45) is 0 Å². The van der Waals surface area contributed by atoms with E-state index in [9.17, 15) is 9.59 Å².